The van der Waals surface area contributed by atoms with E-state index in [2.05, 4.69) is 29.1 Å². The lowest BCUT2D eigenvalue weighted by atomic mass is 9.87. The van der Waals surface area contributed by atoms with E-state index >= 15 is 0 Å². The number of nitrogens with zero attached hydrogens (tertiary/aromatic N) is 3. The quantitative estimate of drug-likeness (QED) is 0.568. The van der Waals surface area contributed by atoms with Crippen molar-refractivity contribution < 1.29 is 14.1 Å². The summed E-state index contributed by atoms with van der Waals surface area (Å²) in [6, 6.07) is 0. The van der Waals surface area contributed by atoms with Gasteiger partial charge in [-0.25, -0.2) is 15.0 Å². The number of pyridine rings is 1. The van der Waals surface area contributed by atoms with Crippen LogP contribution in [0.4, 0.5) is 5.82 Å². The maximum absolute atomic E-state index is 6.30. The summed E-state index contributed by atoms with van der Waals surface area (Å²) in [7, 11) is 0. The monoisotopic (exact) mass is 424 g/mol. The minimum absolute atomic E-state index is 0.575. The number of nitrogens with one attached hydrogen (secondary N) is 2. The summed E-state index contributed by atoms with van der Waals surface area (Å²) in [5, 5.41) is 4.61. The number of rotatable bonds is 7. The van der Waals surface area contributed by atoms with Crippen molar-refractivity contribution in [2.24, 2.45) is 5.92 Å². The van der Waals surface area contributed by atoms with E-state index in [1.54, 1.807) is 11.2 Å². The minimum atomic E-state index is 0.575. The summed E-state index contributed by atoms with van der Waals surface area (Å²) >= 11 is 0. The Balaban J connectivity index is 1.43. The van der Waals surface area contributed by atoms with E-state index in [1.165, 1.54) is 29.7 Å². The lowest BCUT2D eigenvalue weighted by molar-refractivity contribution is -0.908. The molecule has 1 saturated heterocycles. The van der Waals surface area contributed by atoms with Crippen molar-refractivity contribution in [3.63, 3.8) is 0 Å². The van der Waals surface area contributed by atoms with E-state index in [4.69, 9.17) is 14.1 Å². The third-order valence-corrected chi connectivity index (χ3v) is 6.61. The Morgan fingerprint density at radius 1 is 1.10 bits per heavy atom. The van der Waals surface area contributed by atoms with Gasteiger partial charge in [-0.15, -0.1) is 0 Å². The first-order chi connectivity index (χ1) is 15.2. The Hall–Kier alpha value is -2.25. The Bertz CT molecular complexity index is 1060. The standard InChI is InChI=1S/C24H33N5O2/c1-16(2)14-19-17-6-3-4-7-18(17)20-21-22(31-24(20)28-19)23(27-15-26-21)25-8-5-9-29-10-12-30-13-11-29/h15-16H,3-14H2,1-2H3,(H,25,26,27)/p+1. The van der Waals surface area contributed by atoms with Gasteiger partial charge in [0.05, 0.1) is 25.1 Å². The molecular weight excluding hydrogens is 390 g/mol. The molecule has 0 spiro atoms. The Morgan fingerprint density at radius 3 is 2.71 bits per heavy atom. The summed E-state index contributed by atoms with van der Waals surface area (Å²) in [4.78, 5) is 15.7. The van der Waals surface area contributed by atoms with E-state index in [0.29, 0.717) is 5.92 Å². The van der Waals surface area contributed by atoms with Gasteiger partial charge in [0.25, 0.3) is 0 Å². The SMILES string of the molecule is CC(C)Cc1nc2oc3c(NCCC[NH+]4CCOCC4)ncnc3c2c2c1CCCC2. The molecule has 7 nitrogen and oxygen atoms in total. The number of hydrogen-bond donors (Lipinski definition) is 2. The number of aromatic nitrogens is 3. The van der Waals surface area contributed by atoms with Crippen LogP contribution in [0, 0.1) is 5.92 Å². The highest BCUT2D eigenvalue weighted by atomic mass is 16.5. The molecule has 4 heterocycles. The molecule has 166 valence electrons. The van der Waals surface area contributed by atoms with Gasteiger partial charge >= 0.3 is 0 Å². The molecule has 3 aromatic heterocycles. The van der Waals surface area contributed by atoms with Crippen LogP contribution in [-0.2, 0) is 24.0 Å². The third-order valence-electron chi connectivity index (χ3n) is 6.61. The van der Waals surface area contributed by atoms with Gasteiger partial charge in [0.1, 0.15) is 24.9 Å². The number of anilines is 1. The highest BCUT2D eigenvalue weighted by Gasteiger charge is 2.24. The van der Waals surface area contributed by atoms with Crippen LogP contribution in [0.3, 0.4) is 0 Å². The zero-order valence-corrected chi connectivity index (χ0v) is 18.8. The first kappa shape index (κ1) is 20.6. The topological polar surface area (TPSA) is 77.5 Å². The zero-order chi connectivity index (χ0) is 21.2. The second-order valence-corrected chi connectivity index (χ2v) is 9.40. The molecule has 1 fully saturated rings. The van der Waals surface area contributed by atoms with E-state index < -0.39 is 0 Å². The number of aryl methyl sites for hydroxylation is 1. The predicted molar refractivity (Wildman–Crippen MR) is 122 cm³/mol. The lowest BCUT2D eigenvalue weighted by Gasteiger charge is -2.23. The van der Waals surface area contributed by atoms with Crippen LogP contribution in [0.15, 0.2) is 10.7 Å². The van der Waals surface area contributed by atoms with Gasteiger partial charge < -0.3 is 19.4 Å². The summed E-state index contributed by atoms with van der Waals surface area (Å²) in [5.74, 6) is 1.36. The second kappa shape index (κ2) is 9.09. The molecular formula is C24H34N5O2+. The second-order valence-electron chi connectivity index (χ2n) is 9.40. The molecule has 0 radical (unpaired) electrons. The van der Waals surface area contributed by atoms with Gasteiger partial charge in [-0.2, -0.15) is 0 Å². The smallest absolute Gasteiger partial charge is 0.229 e. The number of hydrogen-bond acceptors (Lipinski definition) is 6. The molecule has 1 aliphatic carbocycles. The molecule has 31 heavy (non-hydrogen) atoms. The average molecular weight is 425 g/mol. The summed E-state index contributed by atoms with van der Waals surface area (Å²) in [6.45, 7) is 10.5. The van der Waals surface area contributed by atoms with Gasteiger partial charge in [0.2, 0.25) is 5.71 Å². The fourth-order valence-corrected chi connectivity index (χ4v) is 5.07. The minimum Gasteiger partial charge on any atom is -0.432 e. The zero-order valence-electron chi connectivity index (χ0n) is 18.8. The highest BCUT2D eigenvalue weighted by Crippen LogP contribution is 2.37. The molecule has 0 saturated carbocycles. The van der Waals surface area contributed by atoms with Gasteiger partial charge in [-0.1, -0.05) is 13.8 Å². The van der Waals surface area contributed by atoms with Gasteiger partial charge in [0.15, 0.2) is 11.4 Å². The molecule has 0 bridgehead atoms. The molecule has 1 aliphatic heterocycles. The predicted octanol–water partition coefficient (Wildman–Crippen LogP) is 2.57. The lowest BCUT2D eigenvalue weighted by Crippen LogP contribution is -3.14. The normalized spacial score (nSPS) is 17.5. The van der Waals surface area contributed by atoms with E-state index in [9.17, 15) is 0 Å². The van der Waals surface area contributed by atoms with Crippen molar-refractivity contribution in [1.29, 1.82) is 0 Å². The fourth-order valence-electron chi connectivity index (χ4n) is 5.07. The van der Waals surface area contributed by atoms with Crippen molar-refractivity contribution in [2.45, 2.75) is 52.4 Å². The number of fused-ring (bicyclic) bond motifs is 5. The van der Waals surface area contributed by atoms with Crippen molar-refractivity contribution >= 4 is 28.0 Å². The fraction of sp³-hybridized carbons (Fsp3) is 0.625. The van der Waals surface area contributed by atoms with Crippen LogP contribution in [0.25, 0.3) is 22.2 Å². The van der Waals surface area contributed by atoms with Crippen LogP contribution < -0.4 is 10.2 Å². The molecule has 0 amide bonds. The molecule has 0 atom stereocenters. The van der Waals surface area contributed by atoms with Crippen molar-refractivity contribution in [3.8, 4) is 0 Å². The first-order valence-corrected chi connectivity index (χ1v) is 11.9. The molecule has 2 aliphatic rings. The molecule has 0 unspecified atom stereocenters. The number of morpholine rings is 1. The number of furan rings is 1. The maximum Gasteiger partial charge on any atom is 0.229 e. The van der Waals surface area contributed by atoms with Crippen LogP contribution in [0.5, 0.6) is 0 Å². The van der Waals surface area contributed by atoms with Gasteiger partial charge in [-0.3, -0.25) is 0 Å². The highest BCUT2D eigenvalue weighted by molar-refractivity contribution is 6.06. The van der Waals surface area contributed by atoms with Crippen LogP contribution >= 0.6 is 0 Å². The molecule has 7 heteroatoms. The van der Waals surface area contributed by atoms with E-state index in [-0.39, 0.29) is 0 Å². The molecule has 0 aromatic carbocycles. The van der Waals surface area contributed by atoms with E-state index in [0.717, 1.165) is 93.1 Å². The van der Waals surface area contributed by atoms with Crippen molar-refractivity contribution in [2.75, 3.05) is 44.7 Å². The maximum atomic E-state index is 6.30. The summed E-state index contributed by atoms with van der Waals surface area (Å²) < 4.78 is 11.7. The van der Waals surface area contributed by atoms with Gasteiger partial charge in [0, 0.05) is 18.7 Å². The number of ether oxygens (including phenoxy) is 1. The Kier molecular flexibility index (Phi) is 6.05. The van der Waals surface area contributed by atoms with Crippen molar-refractivity contribution in [1.82, 2.24) is 15.0 Å². The molecule has 2 N–H and O–H groups in total. The first-order valence-electron chi connectivity index (χ1n) is 11.9. The number of quaternary nitrogens is 1. The van der Waals surface area contributed by atoms with Gasteiger partial charge in [-0.05, 0) is 49.1 Å². The Morgan fingerprint density at radius 2 is 1.90 bits per heavy atom. The van der Waals surface area contributed by atoms with Crippen LogP contribution in [0.1, 0.15) is 49.9 Å². The van der Waals surface area contributed by atoms with Crippen LogP contribution in [-0.4, -0.2) is 54.3 Å². The average Bonchev–Trinajstić information content (AvgIpc) is 3.16. The molecule has 3 aromatic rings. The third kappa shape index (κ3) is 4.26. The Labute approximate surface area is 183 Å². The molecule has 5 rings (SSSR count). The van der Waals surface area contributed by atoms with Crippen LogP contribution in [0.2, 0.25) is 0 Å². The largest absolute Gasteiger partial charge is 0.432 e. The summed E-state index contributed by atoms with van der Waals surface area (Å²) in [5.41, 5.74) is 6.45. The van der Waals surface area contributed by atoms with Crippen molar-refractivity contribution in [3.05, 3.63) is 23.1 Å². The van der Waals surface area contributed by atoms with E-state index in [1.807, 2.05) is 0 Å². The summed E-state index contributed by atoms with van der Waals surface area (Å²) in [6.07, 6.45) is 8.41.